The van der Waals surface area contributed by atoms with Crippen molar-refractivity contribution in [2.75, 3.05) is 0 Å². The maximum atomic E-state index is 6.23. The van der Waals surface area contributed by atoms with Gasteiger partial charge in [0, 0.05) is 0 Å². The van der Waals surface area contributed by atoms with Gasteiger partial charge >= 0.3 is 91.0 Å². The van der Waals surface area contributed by atoms with E-state index in [-0.39, 0.29) is 6.04 Å². The molecule has 13 heavy (non-hydrogen) atoms. The SMILES string of the molecule is CC(N)c1cccc[c]1[Sn]([CH3])([Cl])[Cl]. The second kappa shape index (κ2) is 4.39. The molecule has 72 valence electrons. The van der Waals surface area contributed by atoms with Crippen molar-refractivity contribution in [2.45, 2.75) is 17.9 Å². The average molecular weight is 325 g/mol. The summed E-state index contributed by atoms with van der Waals surface area (Å²) in [5.74, 6) is 0. The summed E-state index contributed by atoms with van der Waals surface area (Å²) in [7, 11) is 12.5. The molecular weight excluding hydrogens is 312 g/mol. The molecule has 0 fully saturated rings. The van der Waals surface area contributed by atoms with E-state index in [0.717, 1.165) is 9.14 Å². The van der Waals surface area contributed by atoms with Gasteiger partial charge in [-0.3, -0.25) is 0 Å². The van der Waals surface area contributed by atoms with Crippen molar-refractivity contribution in [2.24, 2.45) is 5.73 Å². The Balaban J connectivity index is 3.20. The minimum atomic E-state index is -3.00. The molecule has 0 spiro atoms. The van der Waals surface area contributed by atoms with Gasteiger partial charge in [0.1, 0.15) is 0 Å². The van der Waals surface area contributed by atoms with Gasteiger partial charge in [-0.15, -0.1) is 0 Å². The quantitative estimate of drug-likeness (QED) is 0.831. The molecule has 0 aliphatic rings. The molecule has 0 heterocycles. The Labute approximate surface area is 90.5 Å². The molecule has 1 aromatic carbocycles. The predicted molar refractivity (Wildman–Crippen MR) is 62.0 cm³/mol. The van der Waals surface area contributed by atoms with Gasteiger partial charge in [0.25, 0.3) is 0 Å². The van der Waals surface area contributed by atoms with Crippen LogP contribution in [0.5, 0.6) is 0 Å². The monoisotopic (exact) mass is 325 g/mol. The van der Waals surface area contributed by atoms with E-state index in [9.17, 15) is 0 Å². The summed E-state index contributed by atoms with van der Waals surface area (Å²) in [5, 5.41) is 0. The van der Waals surface area contributed by atoms with E-state index in [1.54, 1.807) is 0 Å². The summed E-state index contributed by atoms with van der Waals surface area (Å²) in [5.41, 5.74) is 6.92. The summed E-state index contributed by atoms with van der Waals surface area (Å²) in [6, 6.07) is 7.92. The van der Waals surface area contributed by atoms with Crippen LogP contribution in [0.25, 0.3) is 0 Å². The second-order valence-electron chi connectivity index (χ2n) is 3.26. The third-order valence-corrected chi connectivity index (χ3v) is 8.66. The molecule has 1 rings (SSSR count). The summed E-state index contributed by atoms with van der Waals surface area (Å²) < 4.78 is 1.09. The van der Waals surface area contributed by atoms with Crippen LogP contribution in [-0.2, 0) is 0 Å². The summed E-state index contributed by atoms with van der Waals surface area (Å²) in [6.45, 7) is 1.95. The first kappa shape index (κ1) is 11.6. The molecule has 4 heteroatoms. The van der Waals surface area contributed by atoms with Crippen LogP contribution in [0.3, 0.4) is 0 Å². The van der Waals surface area contributed by atoms with Gasteiger partial charge in [-0.1, -0.05) is 0 Å². The molecule has 2 N–H and O–H groups in total. The van der Waals surface area contributed by atoms with Crippen molar-refractivity contribution in [1.29, 1.82) is 0 Å². The second-order valence-corrected chi connectivity index (χ2v) is 21.3. The van der Waals surface area contributed by atoms with Crippen LogP contribution in [0, 0.1) is 0 Å². The third kappa shape index (κ3) is 3.01. The number of hydrogen-bond acceptors (Lipinski definition) is 1. The Morgan fingerprint density at radius 2 is 1.85 bits per heavy atom. The van der Waals surface area contributed by atoms with E-state index in [1.165, 1.54) is 0 Å². The Bertz CT molecular complexity index is 294. The standard InChI is InChI=1S/C8H10N.CH3.2ClH.Sn/c1-7(9)8-5-3-2-4-6-8;;;;/h2-5,7H,9H2,1H3;1H3;2*1H;/q;;;;+2/p-2. The van der Waals surface area contributed by atoms with Crippen LogP contribution in [0.2, 0.25) is 4.94 Å². The first-order valence-corrected chi connectivity index (χ1v) is 15.7. The number of nitrogens with two attached hydrogens (primary N) is 1. The third-order valence-electron chi connectivity index (χ3n) is 1.92. The molecule has 0 saturated carbocycles. The van der Waals surface area contributed by atoms with Gasteiger partial charge in [0.05, 0.1) is 0 Å². The predicted octanol–water partition coefficient (Wildman–Crippen LogP) is 2.46. The molecule has 0 aliphatic heterocycles. The zero-order valence-corrected chi connectivity index (χ0v) is 12.1. The van der Waals surface area contributed by atoms with Crippen molar-refractivity contribution in [3.05, 3.63) is 29.8 Å². The zero-order valence-electron chi connectivity index (χ0n) is 7.72. The van der Waals surface area contributed by atoms with E-state index in [2.05, 4.69) is 0 Å². The van der Waals surface area contributed by atoms with E-state index in [4.69, 9.17) is 23.6 Å². The first-order chi connectivity index (χ1) is 5.93. The molecule has 1 aromatic rings. The molecule has 0 saturated heterocycles. The van der Waals surface area contributed by atoms with E-state index < -0.39 is 16.1 Å². The van der Waals surface area contributed by atoms with Gasteiger partial charge in [-0.25, -0.2) is 0 Å². The fourth-order valence-corrected chi connectivity index (χ4v) is 7.05. The van der Waals surface area contributed by atoms with Gasteiger partial charge in [-0.05, 0) is 0 Å². The summed E-state index contributed by atoms with van der Waals surface area (Å²) in [6.07, 6.45) is 0. The molecule has 1 nitrogen and oxygen atoms in total. The molecule has 0 aromatic heterocycles. The van der Waals surface area contributed by atoms with Crippen LogP contribution < -0.4 is 9.31 Å². The van der Waals surface area contributed by atoms with E-state index in [0.29, 0.717) is 0 Å². The fraction of sp³-hybridized carbons (Fsp3) is 0.333. The summed E-state index contributed by atoms with van der Waals surface area (Å²) >= 11 is -3.00. The molecular formula is C9H13Cl2NSn. The average Bonchev–Trinajstić information content (AvgIpc) is 2.03. The van der Waals surface area contributed by atoms with Crippen LogP contribution in [0.4, 0.5) is 0 Å². The van der Waals surface area contributed by atoms with Crippen LogP contribution in [0.1, 0.15) is 18.5 Å². The van der Waals surface area contributed by atoms with Crippen molar-refractivity contribution in [1.82, 2.24) is 0 Å². The number of rotatable bonds is 2. The molecule has 1 atom stereocenters. The van der Waals surface area contributed by atoms with Crippen molar-refractivity contribution in [3.63, 3.8) is 0 Å². The van der Waals surface area contributed by atoms with E-state index in [1.807, 2.05) is 36.1 Å². The molecule has 0 radical (unpaired) electrons. The van der Waals surface area contributed by atoms with Gasteiger partial charge in [0.15, 0.2) is 0 Å². The van der Waals surface area contributed by atoms with Crippen molar-refractivity contribution >= 4 is 37.5 Å². The molecule has 0 bridgehead atoms. The topological polar surface area (TPSA) is 26.0 Å². The number of hydrogen-bond donors (Lipinski definition) is 1. The van der Waals surface area contributed by atoms with Gasteiger partial charge < -0.3 is 0 Å². The zero-order chi connectivity index (χ0) is 10.1. The van der Waals surface area contributed by atoms with Crippen LogP contribution in [0.15, 0.2) is 24.3 Å². The van der Waals surface area contributed by atoms with Gasteiger partial charge in [-0.2, -0.15) is 0 Å². The van der Waals surface area contributed by atoms with Crippen LogP contribution >= 0.6 is 17.8 Å². The minimum absolute atomic E-state index is 0.00437. The molecule has 0 amide bonds. The fourth-order valence-electron chi connectivity index (χ4n) is 1.29. The summed E-state index contributed by atoms with van der Waals surface area (Å²) in [4.78, 5) is 1.96. The maximum absolute atomic E-state index is 6.23. The molecule has 1 unspecified atom stereocenters. The first-order valence-electron chi connectivity index (χ1n) is 4.15. The van der Waals surface area contributed by atoms with Crippen molar-refractivity contribution in [3.8, 4) is 0 Å². The van der Waals surface area contributed by atoms with Crippen LogP contribution in [-0.4, -0.2) is 16.1 Å². The number of halogens is 2. The number of benzene rings is 1. The Morgan fingerprint density at radius 1 is 1.31 bits per heavy atom. The Morgan fingerprint density at radius 3 is 2.23 bits per heavy atom. The van der Waals surface area contributed by atoms with Crippen molar-refractivity contribution < 1.29 is 0 Å². The normalized spacial score (nSPS) is 14.2. The Kier molecular flexibility index (Phi) is 3.92. The van der Waals surface area contributed by atoms with E-state index >= 15 is 0 Å². The molecule has 0 aliphatic carbocycles. The van der Waals surface area contributed by atoms with Gasteiger partial charge in [0.2, 0.25) is 0 Å². The Hall–Kier alpha value is 0.559.